The molecule has 4 rings (SSSR count). The van der Waals surface area contributed by atoms with Gasteiger partial charge in [-0.1, -0.05) is 25.0 Å². The Labute approximate surface area is 254 Å². The first-order chi connectivity index (χ1) is 20.3. The largest absolute Gasteiger partial charge is 0.444 e. The van der Waals surface area contributed by atoms with Crippen LogP contribution >= 0.6 is 0 Å². The molecule has 3 aliphatic heterocycles. The summed E-state index contributed by atoms with van der Waals surface area (Å²) < 4.78 is 40.6. The molecule has 43 heavy (non-hydrogen) atoms. The topological polar surface area (TPSA) is 163 Å². The summed E-state index contributed by atoms with van der Waals surface area (Å²) in [6.45, 7) is 6.05. The molecule has 0 aromatic carbocycles. The minimum atomic E-state index is -4.17. The maximum atomic E-state index is 13.7. The van der Waals surface area contributed by atoms with Crippen molar-refractivity contribution in [1.29, 1.82) is 0 Å². The molecule has 0 radical (unpaired) electrons. The maximum Gasteiger partial charge on any atom is 0.408 e. The summed E-state index contributed by atoms with van der Waals surface area (Å²) in [7, 11) is -2.67. The molecule has 1 aliphatic carbocycles. The molecule has 14 heteroatoms. The van der Waals surface area contributed by atoms with E-state index in [1.165, 1.54) is 16.3 Å². The molecule has 4 aliphatic rings. The van der Waals surface area contributed by atoms with E-state index in [1.54, 1.807) is 20.8 Å². The Morgan fingerprint density at radius 1 is 1.07 bits per heavy atom. The number of alkyl carbamates (subject to hydrolysis) is 1. The van der Waals surface area contributed by atoms with Crippen molar-refractivity contribution in [2.24, 2.45) is 5.92 Å². The zero-order valence-electron chi connectivity index (χ0n) is 25.7. The maximum absolute atomic E-state index is 13.7. The lowest BCUT2D eigenvalue weighted by molar-refractivity contribution is -0.141. The van der Waals surface area contributed by atoms with Gasteiger partial charge in [0.1, 0.15) is 23.2 Å². The summed E-state index contributed by atoms with van der Waals surface area (Å²) in [5, 5.41) is 5.56. The SMILES string of the molecule is COC[C@@H]1CCCN1S(=O)(=O)NC(=O)[C@@]12C[C@H]1/C=C\CCCCC[C@H](NC(=O)OC(C)(C)C)C(=O)N1CCC[C@H]1C(=O)N2. The number of amides is 4. The zero-order chi connectivity index (χ0) is 31.4. The molecule has 242 valence electrons. The predicted octanol–water partition coefficient (Wildman–Crippen LogP) is 1.74. The van der Waals surface area contributed by atoms with Gasteiger partial charge in [-0.15, -0.1) is 0 Å². The van der Waals surface area contributed by atoms with Crippen molar-refractivity contribution in [2.75, 3.05) is 26.8 Å². The van der Waals surface area contributed by atoms with Crippen molar-refractivity contribution in [3.8, 4) is 0 Å². The molecule has 3 fully saturated rings. The highest BCUT2D eigenvalue weighted by Crippen LogP contribution is 2.46. The lowest BCUT2D eigenvalue weighted by Crippen LogP contribution is -2.59. The van der Waals surface area contributed by atoms with Crippen molar-refractivity contribution in [3.63, 3.8) is 0 Å². The number of hydrogen-bond acceptors (Lipinski definition) is 8. The molecule has 0 aromatic heterocycles. The van der Waals surface area contributed by atoms with Crippen LogP contribution in [0.4, 0.5) is 4.79 Å². The highest BCUT2D eigenvalue weighted by Gasteiger charge is 2.61. The molecule has 0 bridgehead atoms. The predicted molar refractivity (Wildman–Crippen MR) is 158 cm³/mol. The first kappa shape index (κ1) is 33.2. The smallest absolute Gasteiger partial charge is 0.408 e. The molecule has 3 heterocycles. The van der Waals surface area contributed by atoms with E-state index in [9.17, 15) is 27.6 Å². The summed E-state index contributed by atoms with van der Waals surface area (Å²) >= 11 is 0. The van der Waals surface area contributed by atoms with E-state index in [4.69, 9.17) is 9.47 Å². The number of fused-ring (bicyclic) bond motifs is 2. The minimum absolute atomic E-state index is 0.220. The molecule has 3 N–H and O–H groups in total. The first-order valence-electron chi connectivity index (χ1n) is 15.4. The Bertz CT molecular complexity index is 1200. The van der Waals surface area contributed by atoms with Gasteiger partial charge >= 0.3 is 16.3 Å². The number of methoxy groups -OCH3 is 1. The molecule has 13 nitrogen and oxygen atoms in total. The number of hydrogen-bond donors (Lipinski definition) is 3. The van der Waals surface area contributed by atoms with Gasteiger partial charge in [0.25, 0.3) is 5.91 Å². The van der Waals surface area contributed by atoms with Gasteiger partial charge in [-0.25, -0.2) is 9.52 Å². The number of nitrogens with one attached hydrogen (secondary N) is 3. The van der Waals surface area contributed by atoms with Gasteiger partial charge in [-0.05, 0) is 72.1 Å². The average Bonchev–Trinajstić information content (AvgIpc) is 3.23. The van der Waals surface area contributed by atoms with Crippen molar-refractivity contribution >= 4 is 34.0 Å². The van der Waals surface area contributed by atoms with Crippen LogP contribution in [0.3, 0.4) is 0 Å². The molecular formula is C29H47N5O8S. The van der Waals surface area contributed by atoms with Crippen LogP contribution in [-0.2, 0) is 34.1 Å². The van der Waals surface area contributed by atoms with Crippen molar-refractivity contribution in [1.82, 2.24) is 24.6 Å². The summed E-state index contributed by atoms with van der Waals surface area (Å²) in [5.74, 6) is -2.05. The molecule has 1 saturated carbocycles. The number of carbonyl (C=O) groups excluding carboxylic acids is 4. The van der Waals surface area contributed by atoms with Crippen LogP contribution in [0.5, 0.6) is 0 Å². The second-order valence-corrected chi connectivity index (χ2v) is 14.6. The average molecular weight is 626 g/mol. The molecule has 0 spiro atoms. The minimum Gasteiger partial charge on any atom is -0.444 e. The van der Waals surface area contributed by atoms with Crippen molar-refractivity contribution in [2.45, 2.75) is 114 Å². The van der Waals surface area contributed by atoms with Crippen LogP contribution in [0.1, 0.15) is 85.0 Å². The van der Waals surface area contributed by atoms with Gasteiger partial charge in [0.2, 0.25) is 11.8 Å². The molecule has 0 unspecified atom stereocenters. The Kier molecular flexibility index (Phi) is 10.4. The number of ether oxygens (including phenoxy) is 2. The van der Waals surface area contributed by atoms with E-state index in [1.807, 2.05) is 12.2 Å². The summed E-state index contributed by atoms with van der Waals surface area (Å²) in [4.78, 5) is 55.1. The lowest BCUT2D eigenvalue weighted by Gasteiger charge is -2.31. The summed E-state index contributed by atoms with van der Waals surface area (Å²) in [6.07, 6.45) is 9.11. The van der Waals surface area contributed by atoms with Crippen LogP contribution in [-0.4, -0.2) is 97.5 Å². The Morgan fingerprint density at radius 3 is 2.53 bits per heavy atom. The fraction of sp³-hybridized carbons (Fsp3) is 0.793. The van der Waals surface area contributed by atoms with Crippen LogP contribution in [0.15, 0.2) is 12.2 Å². The Morgan fingerprint density at radius 2 is 1.81 bits per heavy atom. The molecular weight excluding hydrogens is 578 g/mol. The third-order valence-electron chi connectivity index (χ3n) is 8.54. The standard InChI is InChI=1S/C29H47N5O8S/c1-28(2,3)42-27(38)30-22-14-9-7-5-6-8-12-20-18-29(20,31-24(35)23-15-11-16-33(23)25(22)36)26(37)32-43(39,40)34-17-10-13-21(34)19-41-4/h8,12,20-23H,5-7,9-11,13-19H2,1-4H3,(H,30,38)(H,31,35)(H,32,37)/b12-8-/t20-,21+,22+,23+,29-/m1/s1. The van der Waals surface area contributed by atoms with E-state index in [0.29, 0.717) is 45.1 Å². The second-order valence-electron chi connectivity index (χ2n) is 13.0. The van der Waals surface area contributed by atoms with Crippen LogP contribution in [0.25, 0.3) is 0 Å². The van der Waals surface area contributed by atoms with E-state index >= 15 is 0 Å². The van der Waals surface area contributed by atoms with Crippen LogP contribution in [0, 0.1) is 5.92 Å². The van der Waals surface area contributed by atoms with Gasteiger partial charge < -0.3 is 25.0 Å². The molecule has 5 atom stereocenters. The first-order valence-corrected chi connectivity index (χ1v) is 16.8. The lowest BCUT2D eigenvalue weighted by atomic mass is 10.0. The zero-order valence-corrected chi connectivity index (χ0v) is 26.5. The van der Waals surface area contributed by atoms with Crippen molar-refractivity contribution in [3.05, 3.63) is 12.2 Å². The van der Waals surface area contributed by atoms with Gasteiger partial charge in [0.05, 0.1) is 6.61 Å². The van der Waals surface area contributed by atoms with Crippen LogP contribution in [0.2, 0.25) is 0 Å². The van der Waals surface area contributed by atoms with Gasteiger partial charge in [-0.3, -0.25) is 14.4 Å². The number of allylic oxidation sites excluding steroid dienone is 1. The Balaban J connectivity index is 1.54. The monoisotopic (exact) mass is 625 g/mol. The quantitative estimate of drug-likeness (QED) is 0.376. The van der Waals surface area contributed by atoms with Gasteiger partial charge in [0.15, 0.2) is 0 Å². The fourth-order valence-electron chi connectivity index (χ4n) is 6.29. The third-order valence-corrected chi connectivity index (χ3v) is 10.1. The molecule has 4 amide bonds. The van der Waals surface area contributed by atoms with Crippen molar-refractivity contribution < 1.29 is 37.1 Å². The van der Waals surface area contributed by atoms with E-state index in [-0.39, 0.29) is 37.4 Å². The third kappa shape index (κ3) is 8.07. The highest BCUT2D eigenvalue weighted by molar-refractivity contribution is 7.87. The van der Waals surface area contributed by atoms with Gasteiger partial charge in [0, 0.05) is 32.2 Å². The normalized spacial score (nSPS) is 31.6. The second kappa shape index (κ2) is 13.5. The fourth-order valence-corrected chi connectivity index (χ4v) is 7.76. The number of carbonyl (C=O) groups is 4. The number of nitrogens with zero attached hydrogens (tertiary/aromatic N) is 2. The Hall–Kier alpha value is -2.71. The summed E-state index contributed by atoms with van der Waals surface area (Å²) in [6, 6.07) is -2.08. The molecule has 2 saturated heterocycles. The van der Waals surface area contributed by atoms with E-state index in [0.717, 1.165) is 19.3 Å². The number of rotatable bonds is 6. The summed E-state index contributed by atoms with van der Waals surface area (Å²) in [5.41, 5.74) is -2.18. The highest BCUT2D eigenvalue weighted by atomic mass is 32.2. The van der Waals surface area contributed by atoms with E-state index < -0.39 is 51.3 Å². The van der Waals surface area contributed by atoms with Gasteiger partial charge in [-0.2, -0.15) is 12.7 Å². The molecule has 0 aromatic rings. The van der Waals surface area contributed by atoms with Crippen LogP contribution < -0.4 is 15.4 Å². The van der Waals surface area contributed by atoms with E-state index in [2.05, 4.69) is 15.4 Å².